The van der Waals surface area contributed by atoms with Gasteiger partial charge in [0.1, 0.15) is 5.75 Å². The van der Waals surface area contributed by atoms with Gasteiger partial charge in [0, 0.05) is 4.47 Å². The Morgan fingerprint density at radius 3 is 2.48 bits per heavy atom. The predicted molar refractivity (Wildman–Crippen MR) is 96.8 cm³/mol. The van der Waals surface area contributed by atoms with Crippen LogP contribution in [0.5, 0.6) is 5.75 Å². The van der Waals surface area contributed by atoms with E-state index in [4.69, 9.17) is 4.74 Å². The summed E-state index contributed by atoms with van der Waals surface area (Å²) in [5.41, 5.74) is 0. The van der Waals surface area contributed by atoms with E-state index < -0.39 is 0 Å². The normalized spacial score (nSPS) is 10.4. The molecule has 116 valence electrons. The van der Waals surface area contributed by atoms with Gasteiger partial charge in [0.25, 0.3) is 0 Å². The second-order valence-electron chi connectivity index (χ2n) is 5.02. The van der Waals surface area contributed by atoms with E-state index in [1.54, 1.807) is 0 Å². The Kier molecular flexibility index (Phi) is 8.74. The molecular weight excluding hydrogens is 350 g/mol. The van der Waals surface area contributed by atoms with Gasteiger partial charge in [-0.25, -0.2) is 0 Å². The third kappa shape index (κ3) is 6.25. The minimum absolute atomic E-state index is 0. The van der Waals surface area contributed by atoms with E-state index in [-0.39, 0.29) is 12.4 Å². The van der Waals surface area contributed by atoms with Crippen LogP contribution in [0.4, 0.5) is 0 Å². The van der Waals surface area contributed by atoms with Crippen LogP contribution in [0.3, 0.4) is 0 Å². The van der Waals surface area contributed by atoms with Crippen LogP contribution in [0.25, 0.3) is 10.8 Å². The molecule has 21 heavy (non-hydrogen) atoms. The van der Waals surface area contributed by atoms with Crippen molar-refractivity contribution in [2.75, 3.05) is 20.2 Å². The van der Waals surface area contributed by atoms with Crippen molar-refractivity contribution in [2.45, 2.75) is 25.7 Å². The number of unbranched alkanes of at least 4 members (excludes halogenated alkanes) is 3. The molecule has 2 aromatic rings. The van der Waals surface area contributed by atoms with Gasteiger partial charge in [-0.2, -0.15) is 0 Å². The van der Waals surface area contributed by atoms with Crippen molar-refractivity contribution in [1.82, 2.24) is 5.32 Å². The van der Waals surface area contributed by atoms with Crippen molar-refractivity contribution in [3.8, 4) is 5.75 Å². The predicted octanol–water partition coefficient (Wildman–Crippen LogP) is 5.18. The first-order chi connectivity index (χ1) is 9.79. The van der Waals surface area contributed by atoms with Gasteiger partial charge < -0.3 is 10.1 Å². The molecular formula is C17H23BrClNO. The van der Waals surface area contributed by atoms with Gasteiger partial charge in [-0.1, -0.05) is 40.9 Å². The molecule has 4 heteroatoms. The minimum atomic E-state index is 0. The van der Waals surface area contributed by atoms with Gasteiger partial charge in [-0.3, -0.25) is 0 Å². The van der Waals surface area contributed by atoms with E-state index in [9.17, 15) is 0 Å². The summed E-state index contributed by atoms with van der Waals surface area (Å²) in [5.74, 6) is 0.968. The summed E-state index contributed by atoms with van der Waals surface area (Å²) < 4.78 is 6.93. The van der Waals surface area contributed by atoms with Crippen molar-refractivity contribution in [2.24, 2.45) is 0 Å². The monoisotopic (exact) mass is 371 g/mol. The standard InChI is InChI=1S/C17H22BrNO.ClH/c1-19-10-4-2-3-5-11-20-17-9-7-14-12-16(18)8-6-15(14)13-17;/h6-9,12-13,19H,2-5,10-11H2,1H3;1H. The zero-order valence-electron chi connectivity index (χ0n) is 12.4. The Labute approximate surface area is 141 Å². The van der Waals surface area contributed by atoms with Crippen LogP contribution in [0.2, 0.25) is 0 Å². The van der Waals surface area contributed by atoms with Crippen LogP contribution in [0, 0.1) is 0 Å². The SMILES string of the molecule is CNCCCCCCOc1ccc2cc(Br)ccc2c1.Cl. The Morgan fingerprint density at radius 2 is 1.67 bits per heavy atom. The Hall–Kier alpha value is -0.770. The Balaban J connectivity index is 0.00000220. The zero-order chi connectivity index (χ0) is 14.2. The number of ether oxygens (including phenoxy) is 1. The molecule has 1 N–H and O–H groups in total. The maximum Gasteiger partial charge on any atom is 0.119 e. The van der Waals surface area contributed by atoms with E-state index in [2.05, 4.69) is 57.6 Å². The molecule has 0 unspecified atom stereocenters. The molecule has 0 saturated heterocycles. The lowest BCUT2D eigenvalue weighted by Crippen LogP contribution is -2.07. The number of rotatable bonds is 8. The molecule has 0 radical (unpaired) electrons. The second-order valence-corrected chi connectivity index (χ2v) is 5.94. The van der Waals surface area contributed by atoms with E-state index in [0.717, 1.165) is 29.8 Å². The van der Waals surface area contributed by atoms with Crippen LogP contribution >= 0.6 is 28.3 Å². The number of halogens is 2. The number of hydrogen-bond donors (Lipinski definition) is 1. The summed E-state index contributed by atoms with van der Waals surface area (Å²) in [4.78, 5) is 0. The van der Waals surface area contributed by atoms with Gasteiger partial charge in [-0.05, 0) is 61.5 Å². The maximum absolute atomic E-state index is 5.82. The number of benzene rings is 2. The fourth-order valence-corrected chi connectivity index (χ4v) is 2.61. The summed E-state index contributed by atoms with van der Waals surface area (Å²) in [6.07, 6.45) is 4.89. The highest BCUT2D eigenvalue weighted by Crippen LogP contribution is 2.24. The highest BCUT2D eigenvalue weighted by Gasteiger charge is 1.98. The van der Waals surface area contributed by atoms with Crippen LogP contribution in [-0.2, 0) is 0 Å². The second kappa shape index (κ2) is 10.0. The molecule has 0 fully saturated rings. The van der Waals surface area contributed by atoms with E-state index in [0.29, 0.717) is 0 Å². The molecule has 0 aromatic heterocycles. The molecule has 0 aliphatic heterocycles. The molecule has 0 amide bonds. The molecule has 2 aromatic carbocycles. The third-order valence-corrected chi connectivity index (χ3v) is 3.86. The number of hydrogen-bond acceptors (Lipinski definition) is 2. The summed E-state index contributed by atoms with van der Waals surface area (Å²) in [6, 6.07) is 12.6. The van der Waals surface area contributed by atoms with Crippen molar-refractivity contribution >= 4 is 39.1 Å². The van der Waals surface area contributed by atoms with Crippen molar-refractivity contribution in [1.29, 1.82) is 0 Å². The van der Waals surface area contributed by atoms with Crippen LogP contribution < -0.4 is 10.1 Å². The molecule has 2 nitrogen and oxygen atoms in total. The summed E-state index contributed by atoms with van der Waals surface area (Å²) in [6.45, 7) is 1.92. The molecule has 0 aliphatic carbocycles. The van der Waals surface area contributed by atoms with Gasteiger partial charge in [0.2, 0.25) is 0 Å². The van der Waals surface area contributed by atoms with Gasteiger partial charge in [-0.15, -0.1) is 12.4 Å². The average Bonchev–Trinajstić information content (AvgIpc) is 2.46. The molecule has 0 spiro atoms. The van der Waals surface area contributed by atoms with E-state index in [1.165, 1.54) is 30.0 Å². The summed E-state index contributed by atoms with van der Waals surface area (Å²) in [7, 11) is 2.00. The van der Waals surface area contributed by atoms with Crippen molar-refractivity contribution < 1.29 is 4.74 Å². The molecule has 2 rings (SSSR count). The average molecular weight is 373 g/mol. The largest absolute Gasteiger partial charge is 0.494 e. The first kappa shape index (κ1) is 18.3. The summed E-state index contributed by atoms with van der Waals surface area (Å²) in [5, 5.41) is 5.63. The minimum Gasteiger partial charge on any atom is -0.494 e. The Morgan fingerprint density at radius 1 is 0.952 bits per heavy atom. The lowest BCUT2D eigenvalue weighted by molar-refractivity contribution is 0.305. The van der Waals surface area contributed by atoms with E-state index in [1.807, 2.05) is 7.05 Å². The first-order valence-corrected chi connectivity index (χ1v) is 8.05. The lowest BCUT2D eigenvalue weighted by atomic mass is 10.1. The number of fused-ring (bicyclic) bond motifs is 1. The molecule has 0 aliphatic rings. The fraction of sp³-hybridized carbons (Fsp3) is 0.412. The molecule has 0 atom stereocenters. The maximum atomic E-state index is 5.82. The van der Waals surface area contributed by atoms with Crippen molar-refractivity contribution in [3.05, 3.63) is 40.9 Å². The highest BCUT2D eigenvalue weighted by atomic mass is 79.9. The van der Waals surface area contributed by atoms with Crippen LogP contribution in [0.15, 0.2) is 40.9 Å². The molecule has 0 heterocycles. The third-order valence-electron chi connectivity index (χ3n) is 3.36. The van der Waals surface area contributed by atoms with Gasteiger partial charge >= 0.3 is 0 Å². The smallest absolute Gasteiger partial charge is 0.119 e. The quantitative estimate of drug-likeness (QED) is 0.644. The van der Waals surface area contributed by atoms with Gasteiger partial charge in [0.15, 0.2) is 0 Å². The molecule has 0 saturated carbocycles. The summed E-state index contributed by atoms with van der Waals surface area (Å²) >= 11 is 3.49. The highest BCUT2D eigenvalue weighted by molar-refractivity contribution is 9.10. The number of nitrogens with one attached hydrogen (secondary N) is 1. The molecule has 0 bridgehead atoms. The Bertz CT molecular complexity index is 547. The fourth-order valence-electron chi connectivity index (χ4n) is 2.23. The first-order valence-electron chi connectivity index (χ1n) is 7.26. The zero-order valence-corrected chi connectivity index (χ0v) is 14.8. The lowest BCUT2D eigenvalue weighted by Gasteiger charge is -2.07. The van der Waals surface area contributed by atoms with Gasteiger partial charge in [0.05, 0.1) is 6.61 Å². The van der Waals surface area contributed by atoms with Crippen LogP contribution in [0.1, 0.15) is 25.7 Å². The van der Waals surface area contributed by atoms with Crippen LogP contribution in [-0.4, -0.2) is 20.2 Å². The van der Waals surface area contributed by atoms with Crippen molar-refractivity contribution in [3.63, 3.8) is 0 Å². The van der Waals surface area contributed by atoms with E-state index >= 15 is 0 Å². The topological polar surface area (TPSA) is 21.3 Å².